The molecule has 1 aromatic rings. The molecule has 116 valence electrons. The Labute approximate surface area is 126 Å². The first-order chi connectivity index (χ1) is 10.2. The van der Waals surface area contributed by atoms with E-state index in [0.29, 0.717) is 6.54 Å². The number of rotatable bonds is 6. The van der Waals surface area contributed by atoms with Gasteiger partial charge >= 0.3 is 0 Å². The van der Waals surface area contributed by atoms with Gasteiger partial charge in [0.1, 0.15) is 11.8 Å². The van der Waals surface area contributed by atoms with Crippen LogP contribution in [0.25, 0.3) is 0 Å². The van der Waals surface area contributed by atoms with Crippen molar-refractivity contribution in [1.82, 2.24) is 15.5 Å². The van der Waals surface area contributed by atoms with Crippen molar-refractivity contribution in [1.29, 1.82) is 0 Å². The minimum absolute atomic E-state index is 0.0742. The van der Waals surface area contributed by atoms with Gasteiger partial charge in [0.15, 0.2) is 0 Å². The predicted octanol–water partition coefficient (Wildman–Crippen LogP) is 0.995. The van der Waals surface area contributed by atoms with E-state index in [1.54, 1.807) is 7.05 Å². The highest BCUT2D eigenvalue weighted by Crippen LogP contribution is 2.16. The van der Waals surface area contributed by atoms with Crippen molar-refractivity contribution in [3.05, 3.63) is 29.8 Å². The number of carbonyl (C=O) groups is 1. The summed E-state index contributed by atoms with van der Waals surface area (Å²) in [5, 5.41) is 6.02. The number of ether oxygens (including phenoxy) is 1. The Balaban J connectivity index is 1.97. The van der Waals surface area contributed by atoms with Gasteiger partial charge in [-0.3, -0.25) is 9.69 Å². The Hall–Kier alpha value is -1.59. The van der Waals surface area contributed by atoms with Crippen molar-refractivity contribution in [2.45, 2.75) is 25.9 Å². The summed E-state index contributed by atoms with van der Waals surface area (Å²) in [7, 11) is 1.69. The minimum Gasteiger partial charge on any atom is -0.494 e. The van der Waals surface area contributed by atoms with E-state index in [-0.39, 0.29) is 11.9 Å². The second-order valence-corrected chi connectivity index (χ2v) is 5.30. The minimum atomic E-state index is -0.0974. The van der Waals surface area contributed by atoms with Gasteiger partial charge in [-0.25, -0.2) is 0 Å². The maximum Gasteiger partial charge on any atom is 0.238 e. The molecular formula is C16H25N3O2. The molecule has 1 aromatic carbocycles. The lowest BCUT2D eigenvalue weighted by Crippen LogP contribution is -2.56. The lowest BCUT2D eigenvalue weighted by Gasteiger charge is -2.34. The largest absolute Gasteiger partial charge is 0.494 e. The highest BCUT2D eigenvalue weighted by molar-refractivity contribution is 5.81. The van der Waals surface area contributed by atoms with Crippen molar-refractivity contribution in [3.63, 3.8) is 0 Å². The molecule has 1 heterocycles. The van der Waals surface area contributed by atoms with Gasteiger partial charge in [0.25, 0.3) is 0 Å². The summed E-state index contributed by atoms with van der Waals surface area (Å²) in [6.45, 7) is 6.14. The first-order valence-corrected chi connectivity index (χ1v) is 7.62. The maximum absolute atomic E-state index is 11.9. The second-order valence-electron chi connectivity index (χ2n) is 5.30. The van der Waals surface area contributed by atoms with Gasteiger partial charge in [0, 0.05) is 33.2 Å². The summed E-state index contributed by atoms with van der Waals surface area (Å²) in [5.41, 5.74) is 1.20. The highest BCUT2D eigenvalue weighted by atomic mass is 16.5. The zero-order valence-corrected chi connectivity index (χ0v) is 12.9. The molecule has 1 aliphatic rings. The maximum atomic E-state index is 11.9. The number of nitrogens with zero attached hydrogens (tertiary/aromatic N) is 1. The molecule has 21 heavy (non-hydrogen) atoms. The van der Waals surface area contributed by atoms with Crippen molar-refractivity contribution in [3.8, 4) is 5.75 Å². The van der Waals surface area contributed by atoms with Crippen molar-refractivity contribution in [2.24, 2.45) is 0 Å². The molecule has 1 aliphatic heterocycles. The average molecular weight is 291 g/mol. The van der Waals surface area contributed by atoms with Crippen LogP contribution in [0.3, 0.4) is 0 Å². The first-order valence-electron chi connectivity index (χ1n) is 7.62. The molecule has 0 spiro atoms. The molecule has 1 fully saturated rings. The predicted molar refractivity (Wildman–Crippen MR) is 83.4 cm³/mol. The summed E-state index contributed by atoms with van der Waals surface area (Å²) in [5.74, 6) is 0.980. The van der Waals surface area contributed by atoms with Crippen LogP contribution in [0.1, 0.15) is 18.9 Å². The molecule has 0 saturated carbocycles. The van der Waals surface area contributed by atoms with Gasteiger partial charge in [0.05, 0.1) is 6.61 Å². The summed E-state index contributed by atoms with van der Waals surface area (Å²) < 4.78 is 5.59. The smallest absolute Gasteiger partial charge is 0.238 e. The number of piperazine rings is 1. The molecular weight excluding hydrogens is 266 g/mol. The van der Waals surface area contributed by atoms with Crippen LogP contribution in [0.5, 0.6) is 5.75 Å². The number of hydrogen-bond acceptors (Lipinski definition) is 4. The molecule has 1 saturated heterocycles. The van der Waals surface area contributed by atoms with Crippen LogP contribution in [-0.4, -0.2) is 50.1 Å². The van der Waals surface area contributed by atoms with E-state index in [1.807, 2.05) is 12.1 Å². The van der Waals surface area contributed by atoms with Crippen LogP contribution in [0.4, 0.5) is 0 Å². The monoisotopic (exact) mass is 291 g/mol. The summed E-state index contributed by atoms with van der Waals surface area (Å²) >= 11 is 0. The zero-order valence-electron chi connectivity index (χ0n) is 12.9. The normalized spacial score (nSPS) is 19.2. The average Bonchev–Trinajstić information content (AvgIpc) is 2.54. The van der Waals surface area contributed by atoms with Gasteiger partial charge in [0.2, 0.25) is 5.91 Å². The fourth-order valence-electron chi connectivity index (χ4n) is 2.51. The topological polar surface area (TPSA) is 53.6 Å². The van der Waals surface area contributed by atoms with Crippen LogP contribution in [0.15, 0.2) is 24.3 Å². The Bertz CT molecular complexity index is 447. The summed E-state index contributed by atoms with van der Waals surface area (Å²) in [4.78, 5) is 14.1. The second kappa shape index (κ2) is 8.00. The third kappa shape index (κ3) is 4.44. The Morgan fingerprint density at radius 1 is 1.43 bits per heavy atom. The molecule has 0 bridgehead atoms. The SMILES string of the molecule is CCCOc1ccc(CN2CCNCC2C(=O)NC)cc1. The number of likely N-dealkylation sites (N-methyl/N-ethyl adjacent to an activating group) is 1. The fraction of sp³-hybridized carbons (Fsp3) is 0.562. The standard InChI is InChI=1S/C16H25N3O2/c1-3-10-21-14-6-4-13(5-7-14)12-19-9-8-18-11-15(19)16(20)17-2/h4-7,15,18H,3,8-12H2,1-2H3,(H,17,20). The van der Waals surface area contributed by atoms with Gasteiger partial charge in [-0.1, -0.05) is 19.1 Å². The molecule has 2 rings (SSSR count). The number of nitrogens with one attached hydrogen (secondary N) is 2. The number of carbonyl (C=O) groups excluding carboxylic acids is 1. The van der Waals surface area contributed by atoms with Gasteiger partial charge in [-0.05, 0) is 24.1 Å². The summed E-state index contributed by atoms with van der Waals surface area (Å²) in [6, 6.07) is 8.06. The van der Waals surface area contributed by atoms with Crippen LogP contribution >= 0.6 is 0 Å². The van der Waals surface area contributed by atoms with E-state index >= 15 is 0 Å². The number of benzene rings is 1. The number of hydrogen-bond donors (Lipinski definition) is 2. The van der Waals surface area contributed by atoms with Crippen LogP contribution in [0.2, 0.25) is 0 Å². The molecule has 5 nitrogen and oxygen atoms in total. The van der Waals surface area contributed by atoms with Gasteiger partial charge < -0.3 is 15.4 Å². The Kier molecular flexibility index (Phi) is 6.02. The Morgan fingerprint density at radius 3 is 2.86 bits per heavy atom. The van der Waals surface area contributed by atoms with Crippen LogP contribution in [-0.2, 0) is 11.3 Å². The molecule has 5 heteroatoms. The third-order valence-electron chi connectivity index (χ3n) is 3.69. The lowest BCUT2D eigenvalue weighted by atomic mass is 10.1. The Morgan fingerprint density at radius 2 is 2.19 bits per heavy atom. The molecule has 0 aliphatic carbocycles. The van der Waals surface area contributed by atoms with Gasteiger partial charge in [-0.2, -0.15) is 0 Å². The van der Waals surface area contributed by atoms with Gasteiger partial charge in [-0.15, -0.1) is 0 Å². The molecule has 0 radical (unpaired) electrons. The summed E-state index contributed by atoms with van der Waals surface area (Å²) in [6.07, 6.45) is 1.01. The molecule has 1 atom stereocenters. The van der Waals surface area contributed by atoms with Crippen molar-refractivity contribution in [2.75, 3.05) is 33.3 Å². The molecule has 1 unspecified atom stereocenters. The highest BCUT2D eigenvalue weighted by Gasteiger charge is 2.27. The molecule has 1 amide bonds. The lowest BCUT2D eigenvalue weighted by molar-refractivity contribution is -0.126. The van der Waals surface area contributed by atoms with E-state index in [9.17, 15) is 4.79 Å². The van der Waals surface area contributed by atoms with E-state index < -0.39 is 0 Å². The number of amides is 1. The van der Waals surface area contributed by atoms with Crippen LogP contribution in [0, 0.1) is 0 Å². The van der Waals surface area contributed by atoms with E-state index in [0.717, 1.165) is 38.4 Å². The molecule has 0 aromatic heterocycles. The zero-order chi connectivity index (χ0) is 15.1. The third-order valence-corrected chi connectivity index (χ3v) is 3.69. The first kappa shape index (κ1) is 15.8. The van der Waals surface area contributed by atoms with E-state index in [1.165, 1.54) is 5.56 Å². The quantitative estimate of drug-likeness (QED) is 0.821. The fourth-order valence-corrected chi connectivity index (χ4v) is 2.51. The van der Waals surface area contributed by atoms with E-state index in [4.69, 9.17) is 4.74 Å². The van der Waals surface area contributed by atoms with E-state index in [2.05, 4.69) is 34.6 Å². The van der Waals surface area contributed by atoms with Crippen LogP contribution < -0.4 is 15.4 Å². The van der Waals surface area contributed by atoms with Crippen molar-refractivity contribution >= 4 is 5.91 Å². The van der Waals surface area contributed by atoms with Crippen molar-refractivity contribution < 1.29 is 9.53 Å². The molecule has 2 N–H and O–H groups in total.